The van der Waals surface area contributed by atoms with E-state index in [1.54, 1.807) is 48.5 Å². The van der Waals surface area contributed by atoms with E-state index in [-0.39, 0.29) is 35.8 Å². The van der Waals surface area contributed by atoms with Crippen molar-refractivity contribution in [1.82, 2.24) is 9.78 Å². The summed E-state index contributed by atoms with van der Waals surface area (Å²) in [6, 6.07) is 17.0. The summed E-state index contributed by atoms with van der Waals surface area (Å²) in [5, 5.41) is 7.06. The molecule has 0 saturated heterocycles. The third-order valence-electron chi connectivity index (χ3n) is 6.67. The molecule has 4 aromatic rings. The molecule has 1 aliphatic rings. The minimum atomic E-state index is -4.54. The normalized spacial score (nSPS) is 16.7. The number of carbonyl (C=O) groups is 1. The van der Waals surface area contributed by atoms with Gasteiger partial charge in [-0.1, -0.05) is 24.3 Å². The van der Waals surface area contributed by atoms with Crippen LogP contribution in [0, 0.1) is 5.82 Å². The topological polar surface area (TPSA) is 65.4 Å². The van der Waals surface area contributed by atoms with Gasteiger partial charge in [0.1, 0.15) is 28.9 Å². The standard InChI is InChI=1S/C29H25F4N3O3/c1-38-21-11-5-19(6-12-21)25-16-27(29(31,32)33)36-28(35-25)24(17-34-36)26(37)15-4-18-2-9-22(10-3-18)39-23-13-7-20(30)8-14-23/h2-3,5-14,17,25,27,35H,4,15-16H2,1H3. The highest BCUT2D eigenvalue weighted by Crippen LogP contribution is 2.44. The van der Waals surface area contributed by atoms with E-state index in [4.69, 9.17) is 9.47 Å². The summed E-state index contributed by atoms with van der Waals surface area (Å²) in [6.45, 7) is 0. The molecule has 0 amide bonds. The molecule has 0 fully saturated rings. The van der Waals surface area contributed by atoms with Crippen molar-refractivity contribution >= 4 is 11.6 Å². The zero-order valence-corrected chi connectivity index (χ0v) is 20.9. The predicted octanol–water partition coefficient (Wildman–Crippen LogP) is 7.30. The molecule has 5 rings (SSSR count). The van der Waals surface area contributed by atoms with Crippen LogP contribution in [0.15, 0.2) is 79.0 Å². The molecule has 1 N–H and O–H groups in total. The molecule has 3 aromatic carbocycles. The first-order valence-electron chi connectivity index (χ1n) is 12.3. The van der Waals surface area contributed by atoms with E-state index in [1.165, 1.54) is 37.6 Å². The van der Waals surface area contributed by atoms with Crippen LogP contribution >= 0.6 is 0 Å². The fraction of sp³-hybridized carbons (Fsp3) is 0.241. The number of carbonyl (C=O) groups excluding carboxylic acids is 1. The number of aromatic nitrogens is 2. The van der Waals surface area contributed by atoms with Crippen LogP contribution in [-0.4, -0.2) is 28.8 Å². The molecule has 0 spiro atoms. The second-order valence-corrected chi connectivity index (χ2v) is 9.24. The first kappa shape index (κ1) is 26.3. The molecule has 0 bridgehead atoms. The third-order valence-corrected chi connectivity index (χ3v) is 6.67. The number of halogens is 4. The van der Waals surface area contributed by atoms with Gasteiger partial charge in [0.2, 0.25) is 0 Å². The van der Waals surface area contributed by atoms with Gasteiger partial charge in [-0.15, -0.1) is 0 Å². The van der Waals surface area contributed by atoms with Gasteiger partial charge in [0, 0.05) is 12.8 Å². The second kappa shape index (κ2) is 10.8. The van der Waals surface area contributed by atoms with E-state index in [9.17, 15) is 22.4 Å². The number of hydrogen-bond acceptors (Lipinski definition) is 5. The van der Waals surface area contributed by atoms with Crippen molar-refractivity contribution in [3.63, 3.8) is 0 Å². The van der Waals surface area contributed by atoms with Crippen LogP contribution in [0.5, 0.6) is 17.2 Å². The first-order valence-corrected chi connectivity index (χ1v) is 12.3. The monoisotopic (exact) mass is 539 g/mol. The molecule has 1 aromatic heterocycles. The summed E-state index contributed by atoms with van der Waals surface area (Å²) in [5.41, 5.74) is 1.63. The molecule has 10 heteroatoms. The maximum Gasteiger partial charge on any atom is 0.410 e. The highest BCUT2D eigenvalue weighted by atomic mass is 19.4. The van der Waals surface area contributed by atoms with Crippen molar-refractivity contribution in [2.45, 2.75) is 37.5 Å². The number of hydrogen-bond donors (Lipinski definition) is 1. The Bertz CT molecular complexity index is 1430. The van der Waals surface area contributed by atoms with Crippen molar-refractivity contribution in [3.8, 4) is 17.2 Å². The number of nitrogens with one attached hydrogen (secondary N) is 1. The number of ether oxygens (including phenoxy) is 2. The Morgan fingerprint density at radius 1 is 0.974 bits per heavy atom. The molecule has 0 saturated carbocycles. The Morgan fingerprint density at radius 3 is 2.21 bits per heavy atom. The molecule has 202 valence electrons. The van der Waals surface area contributed by atoms with Gasteiger partial charge in [0.25, 0.3) is 0 Å². The smallest absolute Gasteiger partial charge is 0.410 e. The lowest BCUT2D eigenvalue weighted by atomic mass is 9.96. The lowest BCUT2D eigenvalue weighted by Gasteiger charge is -2.34. The van der Waals surface area contributed by atoms with Gasteiger partial charge in [-0.25, -0.2) is 9.07 Å². The van der Waals surface area contributed by atoms with Gasteiger partial charge in [0.15, 0.2) is 11.8 Å². The predicted molar refractivity (Wildman–Crippen MR) is 137 cm³/mol. The number of aryl methyl sites for hydroxylation is 1. The molecule has 2 unspecified atom stereocenters. The van der Waals surface area contributed by atoms with Gasteiger partial charge in [-0.2, -0.15) is 18.3 Å². The van der Waals surface area contributed by atoms with Crippen LogP contribution in [0.3, 0.4) is 0 Å². The molecule has 6 nitrogen and oxygen atoms in total. The fourth-order valence-electron chi connectivity index (χ4n) is 4.58. The van der Waals surface area contributed by atoms with E-state index in [2.05, 4.69) is 10.4 Å². The van der Waals surface area contributed by atoms with Crippen LogP contribution in [0.2, 0.25) is 0 Å². The van der Waals surface area contributed by atoms with Crippen LogP contribution in [0.25, 0.3) is 0 Å². The SMILES string of the molecule is COc1ccc(C2CC(C(F)(F)F)n3ncc(C(=O)CCc4ccc(Oc5ccc(F)cc5)cc4)c3N2)cc1. The molecule has 0 radical (unpaired) electrons. The second-order valence-electron chi connectivity index (χ2n) is 9.24. The number of Topliss-reactive ketones (excluding diaryl/α,β-unsaturated/α-hetero) is 1. The van der Waals surface area contributed by atoms with Crippen LogP contribution in [-0.2, 0) is 6.42 Å². The zero-order valence-electron chi connectivity index (χ0n) is 20.9. The van der Waals surface area contributed by atoms with Crippen LogP contribution < -0.4 is 14.8 Å². The summed E-state index contributed by atoms with van der Waals surface area (Å²) in [7, 11) is 1.51. The average molecular weight is 540 g/mol. The highest BCUT2D eigenvalue weighted by molar-refractivity contribution is 6.00. The fourth-order valence-corrected chi connectivity index (χ4v) is 4.58. The number of ketones is 1. The lowest BCUT2D eigenvalue weighted by molar-refractivity contribution is -0.173. The van der Waals surface area contributed by atoms with E-state index in [1.807, 2.05) is 0 Å². The van der Waals surface area contributed by atoms with E-state index < -0.39 is 18.3 Å². The van der Waals surface area contributed by atoms with Crippen molar-refractivity contribution in [2.75, 3.05) is 12.4 Å². The van der Waals surface area contributed by atoms with E-state index >= 15 is 0 Å². The number of rotatable bonds is 8. The zero-order chi connectivity index (χ0) is 27.6. The minimum absolute atomic E-state index is 0.0671. The van der Waals surface area contributed by atoms with Crippen LogP contribution in [0.1, 0.15) is 46.4 Å². The average Bonchev–Trinajstić information content (AvgIpc) is 3.37. The van der Waals surface area contributed by atoms with Crippen molar-refractivity contribution in [1.29, 1.82) is 0 Å². The van der Waals surface area contributed by atoms with Crippen LogP contribution in [0.4, 0.5) is 23.4 Å². The minimum Gasteiger partial charge on any atom is -0.497 e. The first-order chi connectivity index (χ1) is 18.7. The number of nitrogens with zero attached hydrogens (tertiary/aromatic N) is 2. The number of anilines is 1. The number of alkyl halides is 3. The molecule has 2 heterocycles. The number of fused-ring (bicyclic) bond motifs is 1. The van der Waals surface area contributed by atoms with E-state index in [0.29, 0.717) is 29.2 Å². The third kappa shape index (κ3) is 5.89. The maximum atomic E-state index is 14.0. The Labute approximate surface area is 222 Å². The van der Waals surface area contributed by atoms with Crippen molar-refractivity contribution < 1.29 is 31.8 Å². The Kier molecular flexibility index (Phi) is 7.28. The molecule has 39 heavy (non-hydrogen) atoms. The van der Waals surface area contributed by atoms with Gasteiger partial charge < -0.3 is 14.8 Å². The van der Waals surface area contributed by atoms with Crippen molar-refractivity contribution in [3.05, 3.63) is 102 Å². The summed E-state index contributed by atoms with van der Waals surface area (Å²) < 4.78 is 66.7. The molecule has 0 aliphatic carbocycles. The highest BCUT2D eigenvalue weighted by Gasteiger charge is 2.47. The molecular weight excluding hydrogens is 514 g/mol. The summed E-state index contributed by atoms with van der Waals surface area (Å²) in [4.78, 5) is 13.1. The largest absolute Gasteiger partial charge is 0.497 e. The maximum absolute atomic E-state index is 14.0. The summed E-state index contributed by atoms with van der Waals surface area (Å²) >= 11 is 0. The van der Waals surface area contributed by atoms with Gasteiger partial charge >= 0.3 is 6.18 Å². The van der Waals surface area contributed by atoms with Gasteiger partial charge in [-0.3, -0.25) is 4.79 Å². The Balaban J connectivity index is 1.29. The number of methoxy groups -OCH3 is 1. The Morgan fingerprint density at radius 2 is 1.59 bits per heavy atom. The Hall–Kier alpha value is -4.34. The van der Waals surface area contributed by atoms with Gasteiger partial charge in [-0.05, 0) is 66.1 Å². The molecular formula is C29H25F4N3O3. The molecule has 1 aliphatic heterocycles. The van der Waals surface area contributed by atoms with Gasteiger partial charge in [0.05, 0.1) is 24.9 Å². The lowest BCUT2D eigenvalue weighted by Crippen LogP contribution is -2.36. The quantitative estimate of drug-likeness (QED) is 0.188. The summed E-state index contributed by atoms with van der Waals surface area (Å²) in [5.74, 6) is 1.03. The van der Waals surface area contributed by atoms with E-state index in [0.717, 1.165) is 10.2 Å². The molecule has 2 atom stereocenters. The summed E-state index contributed by atoms with van der Waals surface area (Å²) in [6.07, 6.45) is -3.12. The number of benzene rings is 3. The van der Waals surface area contributed by atoms with Crippen molar-refractivity contribution in [2.24, 2.45) is 0 Å².